The summed E-state index contributed by atoms with van der Waals surface area (Å²) in [5.74, 6) is -0.299. The lowest BCUT2D eigenvalue weighted by Gasteiger charge is -2.05. The lowest BCUT2D eigenvalue weighted by Crippen LogP contribution is -2.09. The van der Waals surface area contributed by atoms with Crippen molar-refractivity contribution in [2.45, 2.75) is 13.3 Å². The Balaban J connectivity index is 3.53. The standard InChI is InChI=1S/C12H22O5/c1-4-11(12(13)15-3)5-6-16-9-10-17-8-7-14-2/h5H,4,6-10H2,1-3H3. The summed E-state index contributed by atoms with van der Waals surface area (Å²) in [5.41, 5.74) is 0.632. The van der Waals surface area contributed by atoms with Crippen LogP contribution in [-0.4, -0.2) is 53.2 Å². The van der Waals surface area contributed by atoms with Gasteiger partial charge in [0.05, 0.1) is 40.1 Å². The van der Waals surface area contributed by atoms with Crippen molar-refractivity contribution in [1.29, 1.82) is 0 Å². The molecule has 0 aliphatic rings. The molecule has 0 aromatic carbocycles. The van der Waals surface area contributed by atoms with Crippen molar-refractivity contribution in [3.8, 4) is 0 Å². The minimum absolute atomic E-state index is 0.299. The van der Waals surface area contributed by atoms with Gasteiger partial charge >= 0.3 is 5.97 Å². The largest absolute Gasteiger partial charge is 0.466 e. The number of hydrogen-bond donors (Lipinski definition) is 0. The van der Waals surface area contributed by atoms with Gasteiger partial charge in [0.15, 0.2) is 0 Å². The first-order chi connectivity index (χ1) is 8.26. The minimum Gasteiger partial charge on any atom is -0.466 e. The summed E-state index contributed by atoms with van der Waals surface area (Å²) in [6.45, 7) is 4.47. The zero-order valence-electron chi connectivity index (χ0n) is 10.9. The summed E-state index contributed by atoms with van der Waals surface area (Å²) in [7, 11) is 3.00. The minimum atomic E-state index is -0.299. The molecule has 0 aromatic heterocycles. The Hall–Kier alpha value is -0.910. The monoisotopic (exact) mass is 246 g/mol. The number of carbonyl (C=O) groups excluding carboxylic acids is 1. The van der Waals surface area contributed by atoms with Gasteiger partial charge in [-0.2, -0.15) is 0 Å². The van der Waals surface area contributed by atoms with Crippen LogP contribution in [0, 0.1) is 0 Å². The smallest absolute Gasteiger partial charge is 0.333 e. The molecule has 17 heavy (non-hydrogen) atoms. The van der Waals surface area contributed by atoms with E-state index in [1.807, 2.05) is 6.92 Å². The second-order valence-electron chi connectivity index (χ2n) is 3.25. The molecule has 5 nitrogen and oxygen atoms in total. The maximum atomic E-state index is 11.2. The number of esters is 1. The highest BCUT2D eigenvalue weighted by atomic mass is 16.5. The van der Waals surface area contributed by atoms with Crippen molar-refractivity contribution in [2.75, 3.05) is 47.3 Å². The van der Waals surface area contributed by atoms with Gasteiger partial charge in [-0.25, -0.2) is 4.79 Å². The van der Waals surface area contributed by atoms with Gasteiger partial charge in [0.25, 0.3) is 0 Å². The quantitative estimate of drug-likeness (QED) is 0.329. The Morgan fingerprint density at radius 2 is 1.71 bits per heavy atom. The van der Waals surface area contributed by atoms with E-state index in [0.29, 0.717) is 45.0 Å². The lowest BCUT2D eigenvalue weighted by atomic mass is 10.2. The summed E-state index contributed by atoms with van der Waals surface area (Å²) in [6.07, 6.45) is 2.38. The molecule has 0 saturated heterocycles. The van der Waals surface area contributed by atoms with E-state index < -0.39 is 0 Å². The van der Waals surface area contributed by atoms with Crippen molar-refractivity contribution in [3.63, 3.8) is 0 Å². The van der Waals surface area contributed by atoms with E-state index in [1.165, 1.54) is 7.11 Å². The second kappa shape index (κ2) is 11.6. The molecular weight excluding hydrogens is 224 g/mol. The van der Waals surface area contributed by atoms with Crippen molar-refractivity contribution in [2.24, 2.45) is 0 Å². The summed E-state index contributed by atoms with van der Waals surface area (Å²) < 4.78 is 20.0. The number of ether oxygens (including phenoxy) is 4. The second-order valence-corrected chi connectivity index (χ2v) is 3.25. The van der Waals surface area contributed by atoms with Crippen molar-refractivity contribution < 1.29 is 23.7 Å². The highest BCUT2D eigenvalue weighted by Gasteiger charge is 2.05. The molecule has 0 aliphatic heterocycles. The predicted molar refractivity (Wildman–Crippen MR) is 63.9 cm³/mol. The third-order valence-corrected chi connectivity index (χ3v) is 2.08. The maximum absolute atomic E-state index is 11.2. The average molecular weight is 246 g/mol. The summed E-state index contributed by atoms with van der Waals surface area (Å²) in [5, 5.41) is 0. The van der Waals surface area contributed by atoms with Crippen LogP contribution in [0.1, 0.15) is 13.3 Å². The lowest BCUT2D eigenvalue weighted by molar-refractivity contribution is -0.136. The van der Waals surface area contributed by atoms with Crippen molar-refractivity contribution >= 4 is 5.97 Å². The summed E-state index contributed by atoms with van der Waals surface area (Å²) in [6, 6.07) is 0. The average Bonchev–Trinajstić information content (AvgIpc) is 2.36. The number of carbonyl (C=O) groups is 1. The molecule has 0 fully saturated rings. The van der Waals surface area contributed by atoms with E-state index in [0.717, 1.165) is 0 Å². The molecule has 0 amide bonds. The molecule has 0 N–H and O–H groups in total. The number of methoxy groups -OCH3 is 2. The van der Waals surface area contributed by atoms with Gasteiger partial charge in [-0.05, 0) is 12.5 Å². The first-order valence-electron chi connectivity index (χ1n) is 5.68. The Morgan fingerprint density at radius 3 is 2.29 bits per heavy atom. The Bertz CT molecular complexity index is 225. The molecule has 0 atom stereocenters. The normalized spacial score (nSPS) is 11.6. The summed E-state index contributed by atoms with van der Waals surface area (Å²) >= 11 is 0. The van der Waals surface area contributed by atoms with Crippen LogP contribution in [0.2, 0.25) is 0 Å². The predicted octanol–water partition coefficient (Wildman–Crippen LogP) is 1.18. The van der Waals surface area contributed by atoms with E-state index in [-0.39, 0.29) is 5.97 Å². The Morgan fingerprint density at radius 1 is 1.06 bits per heavy atom. The first kappa shape index (κ1) is 16.1. The molecule has 0 aliphatic carbocycles. The van der Waals surface area contributed by atoms with Gasteiger partial charge in [-0.3, -0.25) is 0 Å². The fraction of sp³-hybridized carbons (Fsp3) is 0.750. The zero-order chi connectivity index (χ0) is 12.9. The van der Waals surface area contributed by atoms with E-state index in [9.17, 15) is 4.79 Å². The maximum Gasteiger partial charge on any atom is 0.333 e. The van der Waals surface area contributed by atoms with Crippen molar-refractivity contribution in [3.05, 3.63) is 11.6 Å². The number of hydrogen-bond acceptors (Lipinski definition) is 5. The van der Waals surface area contributed by atoms with Gasteiger partial charge in [-0.15, -0.1) is 0 Å². The Kier molecular flexibility index (Phi) is 11.0. The van der Waals surface area contributed by atoms with Gasteiger partial charge < -0.3 is 18.9 Å². The molecule has 0 rings (SSSR count). The van der Waals surface area contributed by atoms with Crippen LogP contribution < -0.4 is 0 Å². The van der Waals surface area contributed by atoms with Gasteiger partial charge in [0.1, 0.15) is 0 Å². The number of rotatable bonds is 10. The van der Waals surface area contributed by atoms with Crippen molar-refractivity contribution in [1.82, 2.24) is 0 Å². The highest BCUT2D eigenvalue weighted by molar-refractivity contribution is 5.88. The topological polar surface area (TPSA) is 54.0 Å². The molecule has 5 heteroatoms. The van der Waals surface area contributed by atoms with E-state index in [2.05, 4.69) is 4.74 Å². The van der Waals surface area contributed by atoms with Gasteiger partial charge in [0.2, 0.25) is 0 Å². The molecule has 0 heterocycles. The van der Waals surface area contributed by atoms with E-state index in [4.69, 9.17) is 14.2 Å². The van der Waals surface area contributed by atoms with Crippen LogP contribution >= 0.6 is 0 Å². The molecule has 0 spiro atoms. The summed E-state index contributed by atoms with van der Waals surface area (Å²) in [4.78, 5) is 11.2. The van der Waals surface area contributed by atoms with Crippen LogP contribution in [-0.2, 0) is 23.7 Å². The molecule has 0 saturated carbocycles. The van der Waals surface area contributed by atoms with Crippen LogP contribution in [0.3, 0.4) is 0 Å². The van der Waals surface area contributed by atoms with Gasteiger partial charge in [0, 0.05) is 12.7 Å². The highest BCUT2D eigenvalue weighted by Crippen LogP contribution is 2.02. The fourth-order valence-corrected chi connectivity index (χ4v) is 1.11. The first-order valence-corrected chi connectivity index (χ1v) is 5.68. The van der Waals surface area contributed by atoms with E-state index in [1.54, 1.807) is 13.2 Å². The third-order valence-electron chi connectivity index (χ3n) is 2.08. The molecule has 0 aromatic rings. The molecule has 0 radical (unpaired) electrons. The third kappa shape index (κ3) is 8.85. The van der Waals surface area contributed by atoms with E-state index >= 15 is 0 Å². The molecule has 100 valence electrons. The van der Waals surface area contributed by atoms with Crippen LogP contribution in [0.4, 0.5) is 0 Å². The zero-order valence-corrected chi connectivity index (χ0v) is 10.9. The SMILES string of the molecule is CCC(=CCOCCOCCOC)C(=O)OC. The van der Waals surface area contributed by atoms with Crippen LogP contribution in [0.25, 0.3) is 0 Å². The van der Waals surface area contributed by atoms with Crippen LogP contribution in [0.5, 0.6) is 0 Å². The van der Waals surface area contributed by atoms with Crippen LogP contribution in [0.15, 0.2) is 11.6 Å². The molecular formula is C12H22O5. The Labute approximate surface area is 103 Å². The molecule has 0 unspecified atom stereocenters. The molecule has 0 bridgehead atoms. The fourth-order valence-electron chi connectivity index (χ4n) is 1.11. The van der Waals surface area contributed by atoms with Gasteiger partial charge in [-0.1, -0.05) is 6.92 Å².